The highest BCUT2D eigenvalue weighted by molar-refractivity contribution is 9.10. The van der Waals surface area contributed by atoms with Crippen LogP contribution in [-0.2, 0) is 11.4 Å². The zero-order valence-electron chi connectivity index (χ0n) is 17.7. The number of benzene rings is 3. The maximum Gasteiger partial charge on any atom is 0.283 e. The third-order valence-corrected chi connectivity index (χ3v) is 5.68. The van der Waals surface area contributed by atoms with Crippen molar-refractivity contribution in [3.8, 4) is 5.75 Å². The number of ether oxygens (including phenoxy) is 1. The van der Waals surface area contributed by atoms with Gasteiger partial charge in [0.25, 0.3) is 11.8 Å². The molecule has 1 aliphatic rings. The Bertz CT molecular complexity index is 1230. The Morgan fingerprint density at radius 3 is 2.44 bits per heavy atom. The van der Waals surface area contributed by atoms with Gasteiger partial charge in [-0.3, -0.25) is 9.59 Å². The minimum atomic E-state index is -0.445. The molecule has 6 heteroatoms. The topological polar surface area (TPSA) is 59.0 Å². The number of carbonyl (C=O) groups excluding carboxylic acids is 2. The van der Waals surface area contributed by atoms with Crippen molar-refractivity contribution in [1.29, 1.82) is 0 Å². The van der Waals surface area contributed by atoms with Crippen LogP contribution in [0.3, 0.4) is 0 Å². The van der Waals surface area contributed by atoms with E-state index >= 15 is 0 Å². The van der Waals surface area contributed by atoms with E-state index in [1.54, 1.807) is 37.3 Å². The summed E-state index contributed by atoms with van der Waals surface area (Å²) in [6.07, 6.45) is 1.73. The van der Waals surface area contributed by atoms with E-state index in [0.717, 1.165) is 20.6 Å². The van der Waals surface area contributed by atoms with Gasteiger partial charge in [-0.2, -0.15) is 10.1 Å². The number of amides is 2. The average molecular weight is 489 g/mol. The molecule has 0 saturated carbocycles. The predicted octanol–water partition coefficient (Wildman–Crippen LogP) is 5.78. The van der Waals surface area contributed by atoms with E-state index in [-0.39, 0.29) is 0 Å². The second-order valence-corrected chi connectivity index (χ2v) is 8.35. The molecule has 3 aromatic rings. The predicted molar refractivity (Wildman–Crippen MR) is 128 cm³/mol. The van der Waals surface area contributed by atoms with Crippen molar-refractivity contribution in [3.05, 3.63) is 105 Å². The molecule has 2 amide bonds. The van der Waals surface area contributed by atoms with Gasteiger partial charge in [0, 0.05) is 5.56 Å². The molecule has 0 spiro atoms. The molecular weight excluding hydrogens is 468 g/mol. The van der Waals surface area contributed by atoms with Gasteiger partial charge in [-0.15, -0.1) is 0 Å². The van der Waals surface area contributed by atoms with Crippen LogP contribution < -0.4 is 4.74 Å². The van der Waals surface area contributed by atoms with Crippen LogP contribution in [0, 0.1) is 6.92 Å². The first-order chi connectivity index (χ1) is 15.4. The van der Waals surface area contributed by atoms with Crippen molar-refractivity contribution in [2.75, 3.05) is 0 Å². The fourth-order valence-electron chi connectivity index (χ4n) is 3.26. The zero-order valence-corrected chi connectivity index (χ0v) is 19.3. The molecule has 1 aliphatic heterocycles. The standard InChI is InChI=1S/C26H21BrN2O3/c1-17-8-10-19(11-9-17)16-32-24-13-12-20(15-23(24)27)14-22-18(2)28-29(26(22)31)25(30)21-6-4-3-5-7-21/h3-15H,16H2,1-2H3/b22-14+. The molecule has 0 bridgehead atoms. The van der Waals surface area contributed by atoms with Crippen LogP contribution in [0.5, 0.6) is 5.75 Å². The third-order valence-electron chi connectivity index (χ3n) is 5.06. The summed E-state index contributed by atoms with van der Waals surface area (Å²) in [4.78, 5) is 25.5. The van der Waals surface area contributed by atoms with Gasteiger partial charge in [-0.05, 0) is 71.2 Å². The Kier molecular flexibility index (Phi) is 6.32. The van der Waals surface area contributed by atoms with Crippen molar-refractivity contribution in [2.24, 2.45) is 5.10 Å². The molecule has 4 rings (SSSR count). The molecule has 0 saturated heterocycles. The monoisotopic (exact) mass is 488 g/mol. The SMILES string of the molecule is CC1=NN(C(=O)c2ccccc2)C(=O)/C1=C/c1ccc(OCc2ccc(C)cc2)c(Br)c1. The maximum atomic E-state index is 12.9. The zero-order chi connectivity index (χ0) is 22.7. The number of nitrogens with zero attached hydrogens (tertiary/aromatic N) is 2. The lowest BCUT2D eigenvalue weighted by atomic mass is 10.1. The van der Waals surface area contributed by atoms with Crippen LogP contribution in [0.2, 0.25) is 0 Å². The fraction of sp³-hybridized carbons (Fsp3) is 0.115. The highest BCUT2D eigenvalue weighted by Gasteiger charge is 2.32. The summed E-state index contributed by atoms with van der Waals surface area (Å²) in [5.74, 6) is -0.177. The van der Waals surface area contributed by atoms with Crippen LogP contribution in [-0.4, -0.2) is 22.5 Å². The maximum absolute atomic E-state index is 12.9. The van der Waals surface area contributed by atoms with Gasteiger partial charge in [-0.1, -0.05) is 54.1 Å². The lowest BCUT2D eigenvalue weighted by Crippen LogP contribution is -2.29. The first-order valence-electron chi connectivity index (χ1n) is 10.1. The van der Waals surface area contributed by atoms with Crippen molar-refractivity contribution in [1.82, 2.24) is 5.01 Å². The van der Waals surface area contributed by atoms with E-state index in [1.807, 2.05) is 43.3 Å². The Labute approximate surface area is 195 Å². The van der Waals surface area contributed by atoms with Gasteiger partial charge in [-0.25, -0.2) is 0 Å². The molecule has 0 aromatic heterocycles. The van der Waals surface area contributed by atoms with Crippen LogP contribution >= 0.6 is 15.9 Å². The largest absolute Gasteiger partial charge is 0.488 e. The first-order valence-corrected chi connectivity index (χ1v) is 10.9. The molecule has 1 heterocycles. The van der Waals surface area contributed by atoms with Gasteiger partial charge in [0.15, 0.2) is 0 Å². The van der Waals surface area contributed by atoms with E-state index < -0.39 is 11.8 Å². The Morgan fingerprint density at radius 2 is 1.75 bits per heavy atom. The lowest BCUT2D eigenvalue weighted by molar-refractivity contribution is -0.123. The van der Waals surface area contributed by atoms with E-state index in [9.17, 15) is 9.59 Å². The quantitative estimate of drug-likeness (QED) is 0.337. The van der Waals surface area contributed by atoms with Crippen molar-refractivity contribution in [2.45, 2.75) is 20.5 Å². The molecule has 3 aromatic carbocycles. The summed E-state index contributed by atoms with van der Waals surface area (Å²) in [6, 6.07) is 22.4. The second-order valence-electron chi connectivity index (χ2n) is 7.50. The van der Waals surface area contributed by atoms with Crippen LogP contribution in [0.25, 0.3) is 6.08 Å². The molecule has 0 aliphatic carbocycles. The minimum absolute atomic E-state index is 0.384. The van der Waals surface area contributed by atoms with E-state index in [4.69, 9.17) is 4.74 Å². The summed E-state index contributed by atoms with van der Waals surface area (Å²) >= 11 is 3.54. The number of imide groups is 1. The number of hydrogen-bond donors (Lipinski definition) is 0. The van der Waals surface area contributed by atoms with E-state index in [1.165, 1.54) is 5.56 Å². The summed E-state index contributed by atoms with van der Waals surface area (Å²) in [5.41, 5.74) is 4.38. The van der Waals surface area contributed by atoms with Crippen LogP contribution in [0.1, 0.15) is 34.0 Å². The van der Waals surface area contributed by atoms with Gasteiger partial charge in [0.05, 0.1) is 15.8 Å². The van der Waals surface area contributed by atoms with Gasteiger partial charge in [0.1, 0.15) is 12.4 Å². The number of halogens is 1. The first kappa shape index (κ1) is 21.7. The smallest absolute Gasteiger partial charge is 0.283 e. The molecule has 0 atom stereocenters. The van der Waals surface area contributed by atoms with Gasteiger partial charge in [0.2, 0.25) is 0 Å². The molecule has 0 unspecified atom stereocenters. The third kappa shape index (κ3) is 4.70. The number of aryl methyl sites for hydroxylation is 1. The lowest BCUT2D eigenvalue weighted by Gasteiger charge is -2.10. The van der Waals surface area contributed by atoms with Gasteiger partial charge < -0.3 is 4.74 Å². The Hall–Kier alpha value is -3.51. The average Bonchev–Trinajstić information content (AvgIpc) is 3.08. The minimum Gasteiger partial charge on any atom is -0.488 e. The summed E-state index contributed by atoms with van der Waals surface area (Å²) in [7, 11) is 0. The number of hydrazone groups is 1. The van der Waals surface area contributed by atoms with Crippen molar-refractivity contribution >= 4 is 39.5 Å². The molecule has 160 valence electrons. The van der Waals surface area contributed by atoms with E-state index in [0.29, 0.717) is 29.2 Å². The van der Waals surface area contributed by atoms with Crippen LogP contribution in [0.15, 0.2) is 87.9 Å². The highest BCUT2D eigenvalue weighted by atomic mass is 79.9. The molecule has 0 radical (unpaired) electrons. The van der Waals surface area contributed by atoms with Crippen molar-refractivity contribution < 1.29 is 14.3 Å². The molecule has 5 nitrogen and oxygen atoms in total. The number of carbonyl (C=O) groups is 2. The summed E-state index contributed by atoms with van der Waals surface area (Å²) in [6.45, 7) is 4.23. The molecular formula is C26H21BrN2O3. The number of rotatable bonds is 5. The summed E-state index contributed by atoms with van der Waals surface area (Å²) in [5, 5.41) is 5.10. The van der Waals surface area contributed by atoms with Crippen molar-refractivity contribution in [3.63, 3.8) is 0 Å². The Morgan fingerprint density at radius 1 is 1.03 bits per heavy atom. The van der Waals surface area contributed by atoms with E-state index in [2.05, 4.69) is 33.2 Å². The Balaban J connectivity index is 1.49. The normalized spacial score (nSPS) is 14.6. The number of hydrogen-bond acceptors (Lipinski definition) is 4. The highest BCUT2D eigenvalue weighted by Crippen LogP contribution is 2.29. The fourth-order valence-corrected chi connectivity index (χ4v) is 3.77. The summed E-state index contributed by atoms with van der Waals surface area (Å²) < 4.78 is 6.69. The molecule has 0 N–H and O–H groups in total. The molecule has 0 fully saturated rings. The second kappa shape index (κ2) is 9.32. The molecule has 32 heavy (non-hydrogen) atoms. The van der Waals surface area contributed by atoms with Crippen LogP contribution in [0.4, 0.5) is 0 Å². The van der Waals surface area contributed by atoms with Gasteiger partial charge >= 0.3 is 0 Å².